The van der Waals surface area contributed by atoms with Gasteiger partial charge in [-0.15, -0.1) is 0 Å². The molecule has 3 rings (SSSR count). The third-order valence-corrected chi connectivity index (χ3v) is 5.29. The Labute approximate surface area is 132 Å². The van der Waals surface area contributed by atoms with Gasteiger partial charge >= 0.3 is 0 Å². The summed E-state index contributed by atoms with van der Waals surface area (Å²) >= 11 is 0. The molecule has 0 saturated heterocycles. The van der Waals surface area contributed by atoms with Crippen LogP contribution in [0.5, 0.6) is 0 Å². The first-order valence-corrected chi connectivity index (χ1v) is 8.41. The normalized spacial score (nSPS) is 12.2. The van der Waals surface area contributed by atoms with E-state index in [0.717, 1.165) is 27.1 Å². The molecule has 0 amide bonds. The standard InChI is InChI=1S/C16H14F2N2O2S/c1-10(2)15-8-19-9-16-14(15)3-4-20(16)23(21,22)13-6-11(17)5-12(18)7-13/h3-10H,1-2H3. The number of rotatable bonds is 3. The molecule has 23 heavy (non-hydrogen) atoms. The van der Waals surface area contributed by atoms with Gasteiger partial charge in [-0.3, -0.25) is 4.98 Å². The smallest absolute Gasteiger partial charge is 0.262 e. The van der Waals surface area contributed by atoms with Crippen molar-refractivity contribution in [2.45, 2.75) is 24.7 Å². The van der Waals surface area contributed by atoms with E-state index in [1.807, 2.05) is 13.8 Å². The van der Waals surface area contributed by atoms with Crippen molar-refractivity contribution in [1.82, 2.24) is 8.96 Å². The van der Waals surface area contributed by atoms with Crippen LogP contribution in [0.4, 0.5) is 8.78 Å². The van der Waals surface area contributed by atoms with Crippen molar-refractivity contribution in [3.8, 4) is 0 Å². The zero-order valence-electron chi connectivity index (χ0n) is 12.5. The van der Waals surface area contributed by atoms with E-state index in [0.29, 0.717) is 11.6 Å². The van der Waals surface area contributed by atoms with Gasteiger partial charge in [0.15, 0.2) is 0 Å². The molecule has 4 nitrogen and oxygen atoms in total. The molecule has 0 aliphatic carbocycles. The molecule has 0 saturated carbocycles. The minimum atomic E-state index is -4.11. The number of aromatic nitrogens is 2. The molecule has 2 aromatic heterocycles. The van der Waals surface area contributed by atoms with E-state index in [1.165, 1.54) is 12.4 Å². The van der Waals surface area contributed by atoms with E-state index in [-0.39, 0.29) is 5.92 Å². The van der Waals surface area contributed by atoms with E-state index >= 15 is 0 Å². The lowest BCUT2D eigenvalue weighted by Crippen LogP contribution is -2.12. The summed E-state index contributed by atoms with van der Waals surface area (Å²) in [4.78, 5) is 3.63. The highest BCUT2D eigenvalue weighted by molar-refractivity contribution is 7.90. The predicted molar refractivity (Wildman–Crippen MR) is 82.8 cm³/mol. The van der Waals surface area contributed by atoms with Crippen LogP contribution >= 0.6 is 0 Å². The first-order chi connectivity index (χ1) is 10.8. The number of hydrogen-bond donors (Lipinski definition) is 0. The summed E-state index contributed by atoms with van der Waals surface area (Å²) in [6.07, 6.45) is 4.48. The van der Waals surface area contributed by atoms with Crippen molar-refractivity contribution in [2.24, 2.45) is 0 Å². The number of pyridine rings is 1. The van der Waals surface area contributed by atoms with E-state index < -0.39 is 26.6 Å². The van der Waals surface area contributed by atoms with Gasteiger partial charge in [0.05, 0.1) is 16.6 Å². The van der Waals surface area contributed by atoms with Gasteiger partial charge in [0.25, 0.3) is 10.0 Å². The van der Waals surface area contributed by atoms with Gasteiger partial charge in [-0.1, -0.05) is 13.8 Å². The van der Waals surface area contributed by atoms with Gasteiger partial charge in [-0.25, -0.2) is 21.2 Å². The summed E-state index contributed by atoms with van der Waals surface area (Å²) in [7, 11) is -4.11. The van der Waals surface area contributed by atoms with Crippen LogP contribution in [0.1, 0.15) is 25.3 Å². The number of benzene rings is 1. The van der Waals surface area contributed by atoms with Crippen LogP contribution in [0.3, 0.4) is 0 Å². The van der Waals surface area contributed by atoms with Crippen molar-refractivity contribution < 1.29 is 17.2 Å². The van der Waals surface area contributed by atoms with Gasteiger partial charge in [-0.05, 0) is 29.7 Å². The lowest BCUT2D eigenvalue weighted by atomic mass is 10.0. The molecule has 3 aromatic rings. The van der Waals surface area contributed by atoms with Crippen LogP contribution in [0.15, 0.2) is 47.8 Å². The van der Waals surface area contributed by atoms with Crippen LogP contribution in [-0.4, -0.2) is 17.4 Å². The van der Waals surface area contributed by atoms with Gasteiger partial charge in [0.2, 0.25) is 0 Å². The second-order valence-corrected chi connectivity index (χ2v) is 7.35. The van der Waals surface area contributed by atoms with Gasteiger partial charge in [0, 0.05) is 23.8 Å². The largest absolute Gasteiger partial charge is 0.268 e. The average molecular weight is 336 g/mol. The summed E-state index contributed by atoms with van der Waals surface area (Å²) in [6, 6.07) is 3.89. The summed E-state index contributed by atoms with van der Waals surface area (Å²) < 4.78 is 53.1. The molecular formula is C16H14F2N2O2S. The van der Waals surface area contributed by atoms with E-state index in [1.54, 1.807) is 12.3 Å². The Morgan fingerprint density at radius 3 is 2.35 bits per heavy atom. The minimum Gasteiger partial charge on any atom is -0.262 e. The average Bonchev–Trinajstić information content (AvgIpc) is 2.90. The first kappa shape index (κ1) is 15.6. The molecule has 0 aliphatic heterocycles. The van der Waals surface area contributed by atoms with Crippen LogP contribution in [0.25, 0.3) is 10.9 Å². The Bertz CT molecular complexity index is 974. The van der Waals surface area contributed by atoms with Gasteiger partial charge < -0.3 is 0 Å². The maximum Gasteiger partial charge on any atom is 0.268 e. The Balaban J connectivity index is 2.25. The molecule has 0 bridgehead atoms. The lowest BCUT2D eigenvalue weighted by molar-refractivity contribution is 0.564. The number of halogens is 2. The predicted octanol–water partition coefficient (Wildman–Crippen LogP) is 3.67. The minimum absolute atomic E-state index is 0.163. The molecule has 0 N–H and O–H groups in total. The quantitative estimate of drug-likeness (QED) is 0.733. The molecular weight excluding hydrogens is 322 g/mol. The lowest BCUT2D eigenvalue weighted by Gasteiger charge is -2.10. The Morgan fingerprint density at radius 2 is 1.74 bits per heavy atom. The highest BCUT2D eigenvalue weighted by Gasteiger charge is 2.22. The molecule has 0 unspecified atom stereocenters. The van der Waals surface area contributed by atoms with Crippen molar-refractivity contribution in [3.63, 3.8) is 0 Å². The molecule has 2 heterocycles. The number of nitrogens with zero attached hydrogens (tertiary/aromatic N) is 2. The van der Waals surface area contributed by atoms with E-state index in [4.69, 9.17) is 0 Å². The first-order valence-electron chi connectivity index (χ1n) is 6.97. The van der Waals surface area contributed by atoms with Crippen molar-refractivity contribution in [1.29, 1.82) is 0 Å². The Morgan fingerprint density at radius 1 is 1.09 bits per heavy atom. The van der Waals surface area contributed by atoms with Crippen molar-refractivity contribution >= 4 is 20.9 Å². The zero-order chi connectivity index (χ0) is 16.8. The maximum absolute atomic E-state index is 13.4. The Kier molecular flexibility index (Phi) is 3.68. The van der Waals surface area contributed by atoms with Crippen LogP contribution in [-0.2, 0) is 10.0 Å². The molecule has 0 aliphatic rings. The van der Waals surface area contributed by atoms with Gasteiger partial charge in [-0.2, -0.15) is 0 Å². The molecule has 0 radical (unpaired) electrons. The molecule has 0 atom stereocenters. The summed E-state index contributed by atoms with van der Waals surface area (Å²) in [5.41, 5.74) is 1.28. The molecule has 120 valence electrons. The fourth-order valence-electron chi connectivity index (χ4n) is 2.52. The monoisotopic (exact) mass is 336 g/mol. The number of fused-ring (bicyclic) bond motifs is 1. The third kappa shape index (κ3) is 2.61. The highest BCUT2D eigenvalue weighted by atomic mass is 32.2. The zero-order valence-corrected chi connectivity index (χ0v) is 13.3. The van der Waals surface area contributed by atoms with Crippen LogP contribution in [0.2, 0.25) is 0 Å². The topological polar surface area (TPSA) is 52.0 Å². The van der Waals surface area contributed by atoms with E-state index in [9.17, 15) is 17.2 Å². The molecule has 0 spiro atoms. The maximum atomic E-state index is 13.4. The SMILES string of the molecule is CC(C)c1cncc2c1ccn2S(=O)(=O)c1cc(F)cc(F)c1. The van der Waals surface area contributed by atoms with Crippen molar-refractivity contribution in [3.05, 3.63) is 60.1 Å². The van der Waals surface area contributed by atoms with Crippen molar-refractivity contribution in [2.75, 3.05) is 0 Å². The fraction of sp³-hybridized carbons (Fsp3) is 0.188. The number of hydrogen-bond acceptors (Lipinski definition) is 3. The summed E-state index contributed by atoms with van der Waals surface area (Å²) in [6.45, 7) is 3.95. The molecule has 7 heteroatoms. The van der Waals surface area contributed by atoms with Crippen LogP contribution < -0.4 is 0 Å². The van der Waals surface area contributed by atoms with E-state index in [2.05, 4.69) is 4.98 Å². The second-order valence-electron chi connectivity index (χ2n) is 5.54. The Hall–Kier alpha value is -2.28. The highest BCUT2D eigenvalue weighted by Crippen LogP contribution is 2.28. The summed E-state index contributed by atoms with van der Waals surface area (Å²) in [5, 5.41) is 0.746. The van der Waals surface area contributed by atoms with Crippen LogP contribution in [0, 0.1) is 11.6 Å². The molecule has 0 fully saturated rings. The summed E-state index contributed by atoms with van der Waals surface area (Å²) in [5.74, 6) is -1.72. The third-order valence-electron chi connectivity index (χ3n) is 3.63. The van der Waals surface area contributed by atoms with Gasteiger partial charge in [0.1, 0.15) is 11.6 Å². The molecule has 1 aromatic carbocycles. The second kappa shape index (κ2) is 5.42. The fourth-order valence-corrected chi connectivity index (χ4v) is 3.89.